The number of rotatable bonds is 3. The van der Waals surface area contributed by atoms with Gasteiger partial charge < -0.3 is 14.7 Å². The predicted molar refractivity (Wildman–Crippen MR) is 95.4 cm³/mol. The molecule has 4 nitrogen and oxygen atoms in total. The van der Waals surface area contributed by atoms with Crippen molar-refractivity contribution in [3.8, 4) is 11.3 Å². The summed E-state index contributed by atoms with van der Waals surface area (Å²) in [5.41, 5.74) is 3.76. The van der Waals surface area contributed by atoms with E-state index < -0.39 is 0 Å². The zero-order valence-corrected chi connectivity index (χ0v) is 13.3. The second-order valence-corrected chi connectivity index (χ2v) is 5.86. The van der Waals surface area contributed by atoms with Gasteiger partial charge in [-0.1, -0.05) is 23.7 Å². The summed E-state index contributed by atoms with van der Waals surface area (Å²) in [7, 11) is 0. The largest absolute Gasteiger partial charge is 0.459 e. The lowest BCUT2D eigenvalue weighted by Crippen LogP contribution is -2.10. The molecule has 2 N–H and O–H groups in total. The van der Waals surface area contributed by atoms with E-state index in [2.05, 4.69) is 16.4 Å². The molecule has 0 fully saturated rings. The summed E-state index contributed by atoms with van der Waals surface area (Å²) in [6, 6.07) is 18.7. The molecule has 0 unspecified atom stereocenters. The van der Waals surface area contributed by atoms with Crippen molar-refractivity contribution in [1.29, 1.82) is 0 Å². The number of halogens is 1. The quantitative estimate of drug-likeness (QED) is 0.531. The van der Waals surface area contributed by atoms with Crippen LogP contribution in [0.15, 0.2) is 71.3 Å². The fraction of sp³-hybridized carbons (Fsp3) is 0. The van der Waals surface area contributed by atoms with Crippen LogP contribution >= 0.6 is 11.6 Å². The lowest BCUT2D eigenvalue weighted by atomic mass is 10.1. The van der Waals surface area contributed by atoms with Crippen LogP contribution in [0.5, 0.6) is 0 Å². The molecule has 0 bridgehead atoms. The summed E-state index contributed by atoms with van der Waals surface area (Å²) < 4.78 is 5.08. The van der Waals surface area contributed by atoms with Crippen molar-refractivity contribution in [2.45, 2.75) is 0 Å². The van der Waals surface area contributed by atoms with E-state index in [0.717, 1.165) is 22.2 Å². The summed E-state index contributed by atoms with van der Waals surface area (Å²) in [6.45, 7) is 0. The Labute approximate surface area is 143 Å². The molecular formula is C19H13ClN2O2. The number of nitrogens with one attached hydrogen (secondary N) is 2. The number of aromatic nitrogens is 1. The number of anilines is 1. The van der Waals surface area contributed by atoms with E-state index in [9.17, 15) is 4.79 Å². The summed E-state index contributed by atoms with van der Waals surface area (Å²) in [6.07, 6.45) is 1.47. The zero-order valence-electron chi connectivity index (χ0n) is 12.5. The van der Waals surface area contributed by atoms with E-state index >= 15 is 0 Å². The molecule has 0 atom stereocenters. The molecule has 118 valence electrons. The maximum absolute atomic E-state index is 12.0. The highest BCUT2D eigenvalue weighted by Crippen LogP contribution is 2.27. The first-order valence-corrected chi connectivity index (χ1v) is 7.80. The van der Waals surface area contributed by atoms with Crippen molar-refractivity contribution in [1.82, 2.24) is 4.98 Å². The van der Waals surface area contributed by atoms with Gasteiger partial charge in [0.25, 0.3) is 5.91 Å². The molecule has 4 rings (SSSR count). The van der Waals surface area contributed by atoms with Crippen LogP contribution in [-0.2, 0) is 0 Å². The standard InChI is InChI=1S/C19H13ClN2O2/c20-14-5-8-16-13(10-14)11-17(22-16)12-3-6-15(7-4-12)21-19(23)18-2-1-9-24-18/h1-11,22H,(H,21,23). The van der Waals surface area contributed by atoms with Crippen LogP contribution in [0.1, 0.15) is 10.6 Å². The fourth-order valence-electron chi connectivity index (χ4n) is 2.59. The Morgan fingerprint density at radius 2 is 1.88 bits per heavy atom. The van der Waals surface area contributed by atoms with E-state index in [1.165, 1.54) is 6.26 Å². The summed E-state index contributed by atoms with van der Waals surface area (Å²) in [4.78, 5) is 15.3. The van der Waals surface area contributed by atoms with Gasteiger partial charge in [-0.2, -0.15) is 0 Å². The van der Waals surface area contributed by atoms with E-state index in [-0.39, 0.29) is 11.7 Å². The number of hydrogen-bond acceptors (Lipinski definition) is 2. The number of aromatic amines is 1. The third kappa shape index (κ3) is 2.79. The molecule has 24 heavy (non-hydrogen) atoms. The Morgan fingerprint density at radius 3 is 2.62 bits per heavy atom. The third-order valence-electron chi connectivity index (χ3n) is 3.78. The molecule has 2 aromatic heterocycles. The maximum atomic E-state index is 12.0. The molecule has 0 saturated carbocycles. The Hall–Kier alpha value is -2.98. The molecule has 2 aromatic carbocycles. The van der Waals surface area contributed by atoms with Crippen molar-refractivity contribution in [2.24, 2.45) is 0 Å². The first-order valence-electron chi connectivity index (χ1n) is 7.43. The maximum Gasteiger partial charge on any atom is 0.291 e. The van der Waals surface area contributed by atoms with Gasteiger partial charge in [0.15, 0.2) is 5.76 Å². The highest BCUT2D eigenvalue weighted by molar-refractivity contribution is 6.31. The predicted octanol–water partition coefficient (Wildman–Crippen LogP) is 5.33. The Balaban J connectivity index is 1.57. The second kappa shape index (κ2) is 5.91. The molecule has 0 spiro atoms. The molecule has 0 saturated heterocycles. The molecule has 4 aromatic rings. The Bertz CT molecular complexity index is 1000. The average molecular weight is 337 g/mol. The van der Waals surface area contributed by atoms with E-state index in [0.29, 0.717) is 10.7 Å². The first kappa shape index (κ1) is 14.6. The number of furan rings is 1. The number of fused-ring (bicyclic) bond motifs is 1. The first-order chi connectivity index (χ1) is 11.7. The molecule has 2 heterocycles. The van der Waals surface area contributed by atoms with Gasteiger partial charge in [-0.25, -0.2) is 0 Å². The van der Waals surface area contributed by atoms with E-state index in [4.69, 9.17) is 16.0 Å². The van der Waals surface area contributed by atoms with Crippen molar-refractivity contribution in [3.63, 3.8) is 0 Å². The van der Waals surface area contributed by atoms with E-state index in [1.807, 2.05) is 42.5 Å². The lowest BCUT2D eigenvalue weighted by Gasteiger charge is -2.04. The van der Waals surface area contributed by atoms with Crippen molar-refractivity contribution >= 4 is 34.1 Å². The van der Waals surface area contributed by atoms with Crippen LogP contribution in [0.3, 0.4) is 0 Å². The number of hydrogen-bond donors (Lipinski definition) is 2. The minimum atomic E-state index is -0.270. The van der Waals surface area contributed by atoms with Gasteiger partial charge in [-0.3, -0.25) is 4.79 Å². The summed E-state index contributed by atoms with van der Waals surface area (Å²) >= 11 is 6.02. The SMILES string of the molecule is O=C(Nc1ccc(-c2cc3cc(Cl)ccc3[nH]2)cc1)c1ccco1. The van der Waals surface area contributed by atoms with Gasteiger partial charge >= 0.3 is 0 Å². The van der Waals surface area contributed by atoms with Crippen LogP contribution in [0.2, 0.25) is 5.02 Å². The summed E-state index contributed by atoms with van der Waals surface area (Å²) in [5.74, 6) is 0.0135. The monoisotopic (exact) mass is 336 g/mol. The smallest absolute Gasteiger partial charge is 0.291 e. The average Bonchev–Trinajstić information content (AvgIpc) is 3.24. The molecule has 0 aliphatic heterocycles. The third-order valence-corrected chi connectivity index (χ3v) is 4.02. The number of amides is 1. The minimum Gasteiger partial charge on any atom is -0.459 e. The topological polar surface area (TPSA) is 58.0 Å². The van der Waals surface area contributed by atoms with Crippen molar-refractivity contribution in [3.05, 3.63) is 77.7 Å². The number of benzene rings is 2. The Morgan fingerprint density at radius 1 is 1.04 bits per heavy atom. The van der Waals surface area contributed by atoms with Crippen LogP contribution < -0.4 is 5.32 Å². The molecule has 5 heteroatoms. The highest BCUT2D eigenvalue weighted by atomic mass is 35.5. The lowest BCUT2D eigenvalue weighted by molar-refractivity contribution is 0.0996. The Kier molecular flexibility index (Phi) is 3.59. The van der Waals surface area contributed by atoms with E-state index in [1.54, 1.807) is 12.1 Å². The number of carbonyl (C=O) groups excluding carboxylic acids is 1. The number of carbonyl (C=O) groups is 1. The second-order valence-electron chi connectivity index (χ2n) is 5.42. The molecule has 0 aliphatic rings. The van der Waals surface area contributed by atoms with Crippen molar-refractivity contribution in [2.75, 3.05) is 5.32 Å². The normalized spacial score (nSPS) is 10.9. The molecule has 0 aliphatic carbocycles. The van der Waals surface area contributed by atoms with Gasteiger partial charge in [0, 0.05) is 27.3 Å². The molecular weight excluding hydrogens is 324 g/mol. The van der Waals surface area contributed by atoms with Crippen LogP contribution in [0.25, 0.3) is 22.2 Å². The fourth-order valence-corrected chi connectivity index (χ4v) is 2.77. The van der Waals surface area contributed by atoms with Gasteiger partial charge in [0.2, 0.25) is 0 Å². The minimum absolute atomic E-state index is 0.270. The van der Waals surface area contributed by atoms with Crippen LogP contribution in [-0.4, -0.2) is 10.9 Å². The number of H-pyrrole nitrogens is 1. The summed E-state index contributed by atoms with van der Waals surface area (Å²) in [5, 5.41) is 4.57. The zero-order chi connectivity index (χ0) is 16.5. The highest BCUT2D eigenvalue weighted by Gasteiger charge is 2.09. The van der Waals surface area contributed by atoms with Gasteiger partial charge in [-0.05, 0) is 54.1 Å². The molecule has 0 radical (unpaired) electrons. The van der Waals surface area contributed by atoms with Crippen molar-refractivity contribution < 1.29 is 9.21 Å². The van der Waals surface area contributed by atoms with Gasteiger partial charge in [0.1, 0.15) is 0 Å². The van der Waals surface area contributed by atoms with Gasteiger partial charge in [0.05, 0.1) is 6.26 Å². The van der Waals surface area contributed by atoms with Crippen LogP contribution in [0.4, 0.5) is 5.69 Å². The van der Waals surface area contributed by atoms with Crippen LogP contribution in [0, 0.1) is 0 Å². The molecule has 1 amide bonds. The van der Waals surface area contributed by atoms with Gasteiger partial charge in [-0.15, -0.1) is 0 Å².